The van der Waals surface area contributed by atoms with E-state index in [1.165, 1.54) is 20.8 Å². The Morgan fingerprint density at radius 3 is 2.59 bits per heavy atom. The van der Waals surface area contributed by atoms with Gasteiger partial charge in [-0.25, -0.2) is 0 Å². The van der Waals surface area contributed by atoms with Crippen LogP contribution < -0.4 is 25.0 Å². The van der Waals surface area contributed by atoms with Crippen molar-refractivity contribution in [3.63, 3.8) is 0 Å². The molecule has 11 heteroatoms. The highest BCUT2D eigenvalue weighted by molar-refractivity contribution is 7.15. The van der Waals surface area contributed by atoms with E-state index in [0.717, 1.165) is 16.2 Å². The molecule has 5 aromatic rings. The molecular formula is C26H19N5O4S2. The molecule has 0 spiro atoms. The molecule has 6 rings (SSSR count). The predicted octanol–water partition coefficient (Wildman–Crippen LogP) is 3.18. The molecular weight excluding hydrogens is 510 g/mol. The van der Waals surface area contributed by atoms with E-state index < -0.39 is 11.5 Å². The van der Waals surface area contributed by atoms with Crippen LogP contribution in [0, 0.1) is 0 Å². The maximum absolute atomic E-state index is 13.6. The standard InChI is InChI=1S/C26H19N5O4S2/c1-2-35-16-11-9-15(10-12-16)27-20(32)14-30-18-7-4-3-6-17(18)21(24(30)33)22-25(34)31-26(37-22)28-23(29-31)19-8-5-13-36-19/h3-13H,2,14H2,1H3,(H,27,32). The fourth-order valence-electron chi connectivity index (χ4n) is 4.20. The topological polar surface area (TPSA) is 106 Å². The Bertz CT molecular complexity index is 1760. The zero-order chi connectivity index (χ0) is 25.5. The highest BCUT2D eigenvalue weighted by Crippen LogP contribution is 2.35. The van der Waals surface area contributed by atoms with Crippen LogP contribution in [-0.2, 0) is 9.59 Å². The molecule has 0 saturated carbocycles. The number of carbonyl (C=O) groups excluding carboxylic acids is 2. The van der Waals surface area contributed by atoms with Crippen molar-refractivity contribution in [2.24, 2.45) is 0 Å². The Hall–Kier alpha value is -4.35. The summed E-state index contributed by atoms with van der Waals surface area (Å²) in [5, 5.41) is 9.09. The van der Waals surface area contributed by atoms with Crippen LogP contribution in [-0.4, -0.2) is 39.6 Å². The Morgan fingerprint density at radius 1 is 1.05 bits per heavy atom. The van der Waals surface area contributed by atoms with Gasteiger partial charge < -0.3 is 10.1 Å². The fraction of sp³-hybridized carbons (Fsp3) is 0.115. The second kappa shape index (κ2) is 9.26. The SMILES string of the molecule is CCOc1ccc(NC(=O)CN2C(=O)C(=c3sc4nc(-c5cccs5)nn4c3=O)c3ccccc32)cc1. The van der Waals surface area contributed by atoms with Crippen molar-refractivity contribution in [3.05, 3.63) is 86.5 Å². The number of rotatable bonds is 6. The number of benzene rings is 2. The largest absolute Gasteiger partial charge is 0.494 e. The van der Waals surface area contributed by atoms with Gasteiger partial charge in [0.2, 0.25) is 10.9 Å². The highest BCUT2D eigenvalue weighted by atomic mass is 32.1. The third-order valence-electron chi connectivity index (χ3n) is 5.80. The van der Waals surface area contributed by atoms with Crippen LogP contribution in [0.15, 0.2) is 70.8 Å². The van der Waals surface area contributed by atoms with Gasteiger partial charge in [-0.15, -0.1) is 16.4 Å². The Morgan fingerprint density at radius 2 is 1.86 bits per heavy atom. The number of nitrogens with one attached hydrogen (secondary N) is 1. The molecule has 184 valence electrons. The number of nitrogens with zero attached hydrogens (tertiary/aromatic N) is 4. The van der Waals surface area contributed by atoms with Crippen molar-refractivity contribution in [3.8, 4) is 16.5 Å². The molecule has 0 bridgehead atoms. The van der Waals surface area contributed by atoms with Gasteiger partial charge in [0.25, 0.3) is 11.5 Å². The molecule has 1 aliphatic rings. The van der Waals surface area contributed by atoms with Crippen LogP contribution in [0.1, 0.15) is 12.5 Å². The molecule has 0 saturated heterocycles. The van der Waals surface area contributed by atoms with Gasteiger partial charge in [-0.2, -0.15) is 9.50 Å². The molecule has 2 amide bonds. The molecule has 1 N–H and O–H groups in total. The van der Waals surface area contributed by atoms with Crippen molar-refractivity contribution in [1.29, 1.82) is 0 Å². The van der Waals surface area contributed by atoms with Gasteiger partial charge in [-0.05, 0) is 48.7 Å². The normalized spacial score (nSPS) is 14.3. The lowest BCUT2D eigenvalue weighted by Crippen LogP contribution is -2.37. The summed E-state index contributed by atoms with van der Waals surface area (Å²) in [6, 6.07) is 17.9. The molecule has 9 nitrogen and oxygen atoms in total. The van der Waals surface area contributed by atoms with Crippen LogP contribution in [0.2, 0.25) is 0 Å². The van der Waals surface area contributed by atoms with Gasteiger partial charge in [0.05, 0.1) is 22.7 Å². The average molecular weight is 530 g/mol. The van der Waals surface area contributed by atoms with E-state index in [9.17, 15) is 14.4 Å². The molecule has 1 aliphatic heterocycles. The van der Waals surface area contributed by atoms with E-state index >= 15 is 0 Å². The third-order valence-corrected chi connectivity index (χ3v) is 7.70. The first-order valence-corrected chi connectivity index (χ1v) is 13.1. The first-order valence-electron chi connectivity index (χ1n) is 11.4. The maximum atomic E-state index is 13.6. The Balaban J connectivity index is 1.33. The van der Waals surface area contributed by atoms with Crippen LogP contribution in [0.25, 0.3) is 21.2 Å². The van der Waals surface area contributed by atoms with Crippen molar-refractivity contribution in [2.45, 2.75) is 6.92 Å². The summed E-state index contributed by atoms with van der Waals surface area (Å²) in [4.78, 5) is 46.9. The first-order chi connectivity index (χ1) is 18.0. The molecule has 0 aliphatic carbocycles. The van der Waals surface area contributed by atoms with E-state index in [2.05, 4.69) is 15.4 Å². The second-order valence-electron chi connectivity index (χ2n) is 8.13. The number of aromatic nitrogens is 3. The van der Waals surface area contributed by atoms with Gasteiger partial charge in [0, 0.05) is 11.3 Å². The van der Waals surface area contributed by atoms with Crippen molar-refractivity contribution < 1.29 is 14.3 Å². The summed E-state index contributed by atoms with van der Waals surface area (Å²) in [5.41, 5.74) is 1.61. The van der Waals surface area contributed by atoms with Gasteiger partial charge in [-0.3, -0.25) is 19.3 Å². The van der Waals surface area contributed by atoms with Crippen LogP contribution in [0.3, 0.4) is 0 Å². The zero-order valence-corrected chi connectivity index (χ0v) is 21.1. The van der Waals surface area contributed by atoms with E-state index in [1.54, 1.807) is 48.5 Å². The number of hydrogen-bond acceptors (Lipinski definition) is 8. The van der Waals surface area contributed by atoms with Crippen LogP contribution >= 0.6 is 22.7 Å². The minimum Gasteiger partial charge on any atom is -0.494 e. The quantitative estimate of drug-likeness (QED) is 0.362. The molecule has 0 atom stereocenters. The number of ether oxygens (including phenoxy) is 1. The molecule has 0 unspecified atom stereocenters. The van der Waals surface area contributed by atoms with E-state index in [-0.39, 0.29) is 22.6 Å². The minimum absolute atomic E-state index is 0.204. The third kappa shape index (κ3) is 4.07. The minimum atomic E-state index is -0.414. The van der Waals surface area contributed by atoms with Gasteiger partial charge >= 0.3 is 0 Å². The smallest absolute Gasteiger partial charge is 0.291 e. The molecule has 0 fully saturated rings. The first kappa shape index (κ1) is 23.1. The van der Waals surface area contributed by atoms with Crippen LogP contribution in [0.5, 0.6) is 5.75 Å². The van der Waals surface area contributed by atoms with Crippen molar-refractivity contribution in [2.75, 3.05) is 23.4 Å². The molecule has 2 aromatic carbocycles. The number of thiazole rings is 1. The van der Waals surface area contributed by atoms with E-state index in [4.69, 9.17) is 4.74 Å². The maximum Gasteiger partial charge on any atom is 0.291 e. The van der Waals surface area contributed by atoms with E-state index in [1.807, 2.05) is 24.4 Å². The summed E-state index contributed by atoms with van der Waals surface area (Å²) in [7, 11) is 0. The number of amides is 2. The van der Waals surface area contributed by atoms with Crippen LogP contribution in [0.4, 0.5) is 11.4 Å². The van der Waals surface area contributed by atoms with Gasteiger partial charge in [0.1, 0.15) is 16.8 Å². The predicted molar refractivity (Wildman–Crippen MR) is 143 cm³/mol. The van der Waals surface area contributed by atoms with Crippen molar-refractivity contribution >= 4 is 56.4 Å². The zero-order valence-electron chi connectivity index (χ0n) is 19.5. The summed E-state index contributed by atoms with van der Waals surface area (Å²) < 4.78 is 6.91. The number of para-hydroxylation sites is 1. The lowest BCUT2D eigenvalue weighted by atomic mass is 10.1. The second-order valence-corrected chi connectivity index (χ2v) is 10.1. The summed E-state index contributed by atoms with van der Waals surface area (Å²) in [6.45, 7) is 2.24. The number of fused-ring (bicyclic) bond motifs is 2. The van der Waals surface area contributed by atoms with Crippen molar-refractivity contribution in [1.82, 2.24) is 14.6 Å². The highest BCUT2D eigenvalue weighted by Gasteiger charge is 2.35. The van der Waals surface area contributed by atoms with Gasteiger partial charge in [-0.1, -0.05) is 35.6 Å². The Labute approximate surface area is 218 Å². The number of hydrogen-bond donors (Lipinski definition) is 1. The average Bonchev–Trinajstić information content (AvgIpc) is 3.67. The van der Waals surface area contributed by atoms with E-state index in [0.29, 0.717) is 40.1 Å². The summed E-state index contributed by atoms with van der Waals surface area (Å²) >= 11 is 2.60. The lowest BCUT2D eigenvalue weighted by Gasteiger charge is -2.16. The molecule has 4 heterocycles. The number of thiophene rings is 1. The lowest BCUT2D eigenvalue weighted by molar-refractivity contribution is -0.118. The van der Waals surface area contributed by atoms with Gasteiger partial charge in [0.15, 0.2) is 5.82 Å². The fourth-order valence-corrected chi connectivity index (χ4v) is 5.85. The monoisotopic (exact) mass is 529 g/mol. The molecule has 37 heavy (non-hydrogen) atoms. The Kier molecular flexibility index (Phi) is 5.78. The molecule has 0 radical (unpaired) electrons. The number of anilines is 2. The molecule has 3 aromatic heterocycles. The summed E-state index contributed by atoms with van der Waals surface area (Å²) in [6.07, 6.45) is 0. The summed E-state index contributed by atoms with van der Waals surface area (Å²) in [5.74, 6) is 0.402. The number of carbonyl (C=O) groups is 2.